The Bertz CT molecular complexity index is 808. The van der Waals surface area contributed by atoms with Crippen molar-refractivity contribution in [3.63, 3.8) is 0 Å². The Balaban J connectivity index is 2.21. The minimum absolute atomic E-state index is 0.0867. The van der Waals surface area contributed by atoms with Crippen molar-refractivity contribution in [2.75, 3.05) is 20.8 Å². The summed E-state index contributed by atoms with van der Waals surface area (Å²) in [5.74, 6) is 2.73. The lowest BCUT2D eigenvalue weighted by atomic mass is 10.1. The molecule has 0 radical (unpaired) electrons. The summed E-state index contributed by atoms with van der Waals surface area (Å²) in [6.07, 6.45) is 7.37. The Labute approximate surface area is 153 Å². The van der Waals surface area contributed by atoms with Crippen molar-refractivity contribution < 1.29 is 19.1 Å². The molecular formula is C20H22N2O4. The molecular weight excluding hydrogens is 332 g/mol. The third-order valence-corrected chi connectivity index (χ3v) is 3.85. The summed E-state index contributed by atoms with van der Waals surface area (Å²) in [4.78, 5) is 24.2. The number of carbonyl (C=O) groups excluding carboxylic acids is 2. The van der Waals surface area contributed by atoms with Gasteiger partial charge in [0.25, 0.3) is 5.91 Å². The number of likely N-dealkylation sites (N-methyl/N-ethyl adjacent to an activating group) is 1. The number of hydrogen-bond donors (Lipinski definition) is 1. The van der Waals surface area contributed by atoms with Gasteiger partial charge in [-0.05, 0) is 49.8 Å². The zero-order chi connectivity index (χ0) is 19.1. The smallest absolute Gasteiger partial charge is 0.257 e. The van der Waals surface area contributed by atoms with Gasteiger partial charge in [0.1, 0.15) is 5.94 Å². The van der Waals surface area contributed by atoms with E-state index in [2.05, 4.69) is 5.32 Å². The standard InChI is InChI=1S/C20H22N2O4/c1-14-9-17(12-23)10-15(2)22(14)8-7-16-5-6-18(25-4)19(11-16)26-13-20(24)21-3/h5-11H,13H2,1-4H3,(H,21,24)/b8-7+. The number of benzene rings is 1. The van der Waals surface area contributed by atoms with Gasteiger partial charge in [-0.15, -0.1) is 0 Å². The van der Waals surface area contributed by atoms with Crippen molar-refractivity contribution in [1.29, 1.82) is 0 Å². The van der Waals surface area contributed by atoms with E-state index in [4.69, 9.17) is 9.47 Å². The Kier molecular flexibility index (Phi) is 6.42. The monoisotopic (exact) mass is 354 g/mol. The molecule has 0 unspecified atom stereocenters. The molecule has 1 aromatic rings. The van der Waals surface area contributed by atoms with E-state index in [9.17, 15) is 9.59 Å². The minimum atomic E-state index is -0.220. The number of carbonyl (C=O) groups is 1. The lowest BCUT2D eigenvalue weighted by Crippen LogP contribution is -2.24. The predicted octanol–water partition coefficient (Wildman–Crippen LogP) is 2.67. The van der Waals surface area contributed by atoms with Crippen LogP contribution < -0.4 is 14.8 Å². The molecule has 0 aliphatic carbocycles. The van der Waals surface area contributed by atoms with E-state index in [0.717, 1.165) is 17.0 Å². The van der Waals surface area contributed by atoms with Gasteiger partial charge in [0.15, 0.2) is 18.1 Å². The van der Waals surface area contributed by atoms with Crippen LogP contribution in [0.3, 0.4) is 0 Å². The number of allylic oxidation sites excluding steroid dienone is 5. The lowest BCUT2D eigenvalue weighted by Gasteiger charge is -2.25. The molecule has 6 nitrogen and oxygen atoms in total. The van der Waals surface area contributed by atoms with Gasteiger partial charge in [-0.1, -0.05) is 6.07 Å². The fraction of sp³-hybridized carbons (Fsp3) is 0.250. The van der Waals surface area contributed by atoms with Crippen LogP contribution in [0.25, 0.3) is 6.08 Å². The fourth-order valence-corrected chi connectivity index (χ4v) is 2.49. The molecule has 0 bridgehead atoms. The number of hydrogen-bond acceptors (Lipinski definition) is 5. The SMILES string of the molecule is CNC(=O)COc1cc(/C=C/N2C(C)=CC(=C=O)C=C2C)ccc1OC. The molecule has 6 heteroatoms. The van der Waals surface area contributed by atoms with Crippen LogP contribution in [0.4, 0.5) is 0 Å². The summed E-state index contributed by atoms with van der Waals surface area (Å²) in [6.45, 7) is 3.75. The van der Waals surface area contributed by atoms with E-state index in [-0.39, 0.29) is 12.5 Å². The minimum Gasteiger partial charge on any atom is -0.493 e. The maximum Gasteiger partial charge on any atom is 0.257 e. The van der Waals surface area contributed by atoms with Crippen LogP contribution in [0, 0.1) is 0 Å². The first-order valence-electron chi connectivity index (χ1n) is 8.09. The lowest BCUT2D eigenvalue weighted by molar-refractivity contribution is -0.122. The van der Waals surface area contributed by atoms with E-state index >= 15 is 0 Å². The molecule has 0 aromatic heterocycles. The van der Waals surface area contributed by atoms with Gasteiger partial charge in [0.2, 0.25) is 0 Å². The first-order chi connectivity index (χ1) is 12.5. The maximum absolute atomic E-state index is 11.4. The van der Waals surface area contributed by atoms with Gasteiger partial charge >= 0.3 is 0 Å². The summed E-state index contributed by atoms with van der Waals surface area (Å²) in [5.41, 5.74) is 3.25. The van der Waals surface area contributed by atoms with Gasteiger partial charge in [-0.2, -0.15) is 0 Å². The third-order valence-electron chi connectivity index (χ3n) is 3.85. The van der Waals surface area contributed by atoms with Gasteiger partial charge < -0.3 is 19.7 Å². The van der Waals surface area contributed by atoms with Crippen molar-refractivity contribution in [3.8, 4) is 11.5 Å². The molecule has 1 aliphatic heterocycles. The van der Waals surface area contributed by atoms with E-state index in [1.807, 2.05) is 43.0 Å². The second kappa shape index (κ2) is 8.74. The third kappa shape index (κ3) is 4.65. The van der Waals surface area contributed by atoms with Crippen LogP contribution in [-0.2, 0) is 9.59 Å². The van der Waals surface area contributed by atoms with Crippen LogP contribution in [-0.4, -0.2) is 37.5 Å². The van der Waals surface area contributed by atoms with Crippen LogP contribution in [0.2, 0.25) is 0 Å². The second-order valence-electron chi connectivity index (χ2n) is 5.69. The molecule has 0 fully saturated rings. The molecule has 2 rings (SSSR count). The zero-order valence-electron chi connectivity index (χ0n) is 15.3. The van der Waals surface area contributed by atoms with Gasteiger partial charge in [-0.3, -0.25) is 4.79 Å². The largest absolute Gasteiger partial charge is 0.493 e. The predicted molar refractivity (Wildman–Crippen MR) is 100 cm³/mol. The summed E-state index contributed by atoms with van der Waals surface area (Å²) in [7, 11) is 3.10. The first kappa shape index (κ1) is 19.1. The van der Waals surface area contributed by atoms with Crippen molar-refractivity contribution >= 4 is 17.9 Å². The Morgan fingerprint density at radius 2 is 1.92 bits per heavy atom. The molecule has 0 saturated heterocycles. The number of rotatable bonds is 6. The van der Waals surface area contributed by atoms with Gasteiger partial charge in [0.05, 0.1) is 12.7 Å². The van der Waals surface area contributed by atoms with Crippen LogP contribution in [0.5, 0.6) is 11.5 Å². The maximum atomic E-state index is 11.4. The van der Waals surface area contributed by atoms with Crippen LogP contribution in [0.1, 0.15) is 19.4 Å². The molecule has 1 N–H and O–H groups in total. The number of nitrogens with one attached hydrogen (secondary N) is 1. The number of methoxy groups -OCH3 is 1. The fourth-order valence-electron chi connectivity index (χ4n) is 2.49. The van der Waals surface area contributed by atoms with E-state index < -0.39 is 0 Å². The average molecular weight is 354 g/mol. The highest BCUT2D eigenvalue weighted by Gasteiger charge is 2.12. The molecule has 136 valence electrons. The van der Waals surface area contributed by atoms with Crippen molar-refractivity contribution in [2.24, 2.45) is 0 Å². The van der Waals surface area contributed by atoms with Crippen LogP contribution in [0.15, 0.2) is 53.5 Å². The molecule has 0 spiro atoms. The molecule has 26 heavy (non-hydrogen) atoms. The second-order valence-corrected chi connectivity index (χ2v) is 5.69. The molecule has 1 aromatic carbocycles. The van der Waals surface area contributed by atoms with E-state index in [0.29, 0.717) is 17.1 Å². The number of amides is 1. The summed E-state index contributed by atoms with van der Waals surface area (Å²) in [5, 5.41) is 2.51. The molecule has 0 atom stereocenters. The normalized spacial score (nSPS) is 13.8. The van der Waals surface area contributed by atoms with E-state index in [1.165, 1.54) is 0 Å². The molecule has 1 aliphatic rings. The quantitative estimate of drug-likeness (QED) is 0.796. The highest BCUT2D eigenvalue weighted by atomic mass is 16.5. The van der Waals surface area contributed by atoms with Crippen molar-refractivity contribution in [3.05, 3.63) is 59.1 Å². The van der Waals surface area contributed by atoms with E-state index in [1.54, 1.807) is 38.4 Å². The summed E-state index contributed by atoms with van der Waals surface area (Å²) >= 11 is 0. The first-order valence-corrected chi connectivity index (χ1v) is 8.09. The van der Waals surface area contributed by atoms with Crippen molar-refractivity contribution in [1.82, 2.24) is 10.2 Å². The molecule has 1 heterocycles. The number of ether oxygens (including phenoxy) is 2. The highest BCUT2D eigenvalue weighted by Crippen LogP contribution is 2.29. The highest BCUT2D eigenvalue weighted by molar-refractivity contribution is 5.77. The van der Waals surface area contributed by atoms with Gasteiger partial charge in [0, 0.05) is 24.6 Å². The Hall–Kier alpha value is -3.24. The Morgan fingerprint density at radius 3 is 2.50 bits per heavy atom. The van der Waals surface area contributed by atoms with Crippen LogP contribution >= 0.6 is 0 Å². The van der Waals surface area contributed by atoms with Crippen molar-refractivity contribution in [2.45, 2.75) is 13.8 Å². The number of nitrogens with zero attached hydrogens (tertiary/aromatic N) is 1. The summed E-state index contributed by atoms with van der Waals surface area (Å²) < 4.78 is 10.8. The Morgan fingerprint density at radius 1 is 1.23 bits per heavy atom. The zero-order valence-corrected chi connectivity index (χ0v) is 15.3. The molecule has 1 amide bonds. The molecule has 0 saturated carbocycles. The average Bonchev–Trinajstić information content (AvgIpc) is 2.65. The van der Waals surface area contributed by atoms with Gasteiger partial charge in [-0.25, -0.2) is 4.79 Å². The summed E-state index contributed by atoms with van der Waals surface area (Å²) in [6, 6.07) is 5.48. The topological polar surface area (TPSA) is 67.9 Å².